The highest BCUT2D eigenvalue weighted by molar-refractivity contribution is 7.92. The molecule has 1 atom stereocenters. The van der Waals surface area contributed by atoms with E-state index in [1.54, 1.807) is 0 Å². The molecule has 1 fully saturated rings. The molecule has 0 radical (unpaired) electrons. The largest absolute Gasteiger partial charge is 0.353 e. The van der Waals surface area contributed by atoms with Crippen molar-refractivity contribution in [2.24, 2.45) is 0 Å². The maximum atomic E-state index is 11.7. The maximum Gasteiger partial charge on any atom is 0.235 e. The Morgan fingerprint density at radius 2 is 2.20 bits per heavy atom. The van der Waals surface area contributed by atoms with Crippen molar-refractivity contribution in [3.05, 3.63) is 0 Å². The highest BCUT2D eigenvalue weighted by Crippen LogP contribution is 2.10. The van der Waals surface area contributed by atoms with E-state index in [1.165, 1.54) is 0 Å². The Morgan fingerprint density at radius 1 is 1.53 bits per heavy atom. The van der Waals surface area contributed by atoms with Gasteiger partial charge >= 0.3 is 0 Å². The average Bonchev–Trinajstić information content (AvgIpc) is 2.51. The zero-order chi connectivity index (χ0) is 11.5. The molecule has 0 saturated carbocycles. The van der Waals surface area contributed by atoms with Crippen molar-refractivity contribution in [3.63, 3.8) is 0 Å². The molecule has 5 nitrogen and oxygen atoms in total. The summed E-state index contributed by atoms with van der Waals surface area (Å²) < 4.78 is 23.4. The standard InChI is InChI=1S/C9H18N2O3S/c1-7(2)11-9(12)6-15(13,14)8-3-4-10-5-8/h7-8,10H,3-6H2,1-2H3,(H,11,12). The number of carbonyl (C=O) groups excluding carboxylic acids is 1. The summed E-state index contributed by atoms with van der Waals surface area (Å²) in [4.78, 5) is 11.3. The molecule has 15 heavy (non-hydrogen) atoms. The number of sulfone groups is 1. The highest BCUT2D eigenvalue weighted by Gasteiger charge is 2.30. The molecule has 0 aromatic heterocycles. The minimum atomic E-state index is -3.28. The molecule has 1 aliphatic heterocycles. The van der Waals surface area contributed by atoms with Crippen LogP contribution in [-0.2, 0) is 14.6 Å². The molecule has 88 valence electrons. The van der Waals surface area contributed by atoms with E-state index in [1.807, 2.05) is 13.8 Å². The SMILES string of the molecule is CC(C)NC(=O)CS(=O)(=O)C1CCNC1. The molecule has 1 unspecified atom stereocenters. The molecule has 0 bridgehead atoms. The topological polar surface area (TPSA) is 75.3 Å². The molecule has 0 aromatic rings. The van der Waals surface area contributed by atoms with Gasteiger partial charge < -0.3 is 10.6 Å². The van der Waals surface area contributed by atoms with Gasteiger partial charge in [0.25, 0.3) is 0 Å². The Hall–Kier alpha value is -0.620. The van der Waals surface area contributed by atoms with Crippen molar-refractivity contribution in [1.29, 1.82) is 0 Å². The van der Waals surface area contributed by atoms with Gasteiger partial charge in [0.2, 0.25) is 5.91 Å². The molecule has 0 aromatic carbocycles. The first-order valence-corrected chi connectivity index (χ1v) is 6.85. The summed E-state index contributed by atoms with van der Waals surface area (Å²) in [5.74, 6) is -0.797. The molecule has 6 heteroatoms. The zero-order valence-corrected chi connectivity index (χ0v) is 9.93. The molecule has 1 amide bonds. The summed E-state index contributed by atoms with van der Waals surface area (Å²) in [6.45, 7) is 4.80. The monoisotopic (exact) mass is 234 g/mol. The molecule has 1 aliphatic rings. The fraction of sp³-hybridized carbons (Fsp3) is 0.889. The van der Waals surface area contributed by atoms with Crippen LogP contribution in [0.2, 0.25) is 0 Å². The van der Waals surface area contributed by atoms with Crippen LogP contribution in [0.3, 0.4) is 0 Å². The lowest BCUT2D eigenvalue weighted by Gasteiger charge is -2.12. The van der Waals surface area contributed by atoms with Crippen molar-refractivity contribution < 1.29 is 13.2 Å². The summed E-state index contributed by atoms with van der Waals surface area (Å²) in [6, 6.07) is -0.0191. The van der Waals surface area contributed by atoms with Gasteiger partial charge in [0.1, 0.15) is 5.75 Å². The smallest absolute Gasteiger partial charge is 0.235 e. The third kappa shape index (κ3) is 3.79. The third-order valence-electron chi connectivity index (χ3n) is 2.30. The number of amides is 1. The minimum Gasteiger partial charge on any atom is -0.353 e. The van der Waals surface area contributed by atoms with Crippen LogP contribution in [-0.4, -0.2) is 44.5 Å². The highest BCUT2D eigenvalue weighted by atomic mass is 32.2. The maximum absolute atomic E-state index is 11.7. The van der Waals surface area contributed by atoms with E-state index in [0.717, 1.165) is 6.54 Å². The second kappa shape index (κ2) is 4.94. The summed E-state index contributed by atoms with van der Waals surface area (Å²) in [5.41, 5.74) is 0. The van der Waals surface area contributed by atoms with Gasteiger partial charge in [-0.3, -0.25) is 4.79 Å². The summed E-state index contributed by atoms with van der Waals surface area (Å²) in [6.07, 6.45) is 0.608. The number of carbonyl (C=O) groups is 1. The van der Waals surface area contributed by atoms with Crippen molar-refractivity contribution in [3.8, 4) is 0 Å². The van der Waals surface area contributed by atoms with Gasteiger partial charge in [0.15, 0.2) is 9.84 Å². The van der Waals surface area contributed by atoms with E-state index in [-0.39, 0.29) is 6.04 Å². The van der Waals surface area contributed by atoms with Gasteiger partial charge in [0.05, 0.1) is 5.25 Å². The number of rotatable bonds is 4. The Kier molecular flexibility index (Phi) is 4.10. The van der Waals surface area contributed by atoms with E-state index >= 15 is 0 Å². The minimum absolute atomic E-state index is 0.0191. The molecular formula is C9H18N2O3S. The Morgan fingerprint density at radius 3 is 2.67 bits per heavy atom. The van der Waals surface area contributed by atoms with Crippen LogP contribution in [0.5, 0.6) is 0 Å². The van der Waals surface area contributed by atoms with Crippen LogP contribution < -0.4 is 10.6 Å². The van der Waals surface area contributed by atoms with Crippen LogP contribution in [0.1, 0.15) is 20.3 Å². The van der Waals surface area contributed by atoms with Crippen molar-refractivity contribution in [2.75, 3.05) is 18.8 Å². The Bertz CT molecular complexity index is 318. The average molecular weight is 234 g/mol. The number of hydrogen-bond donors (Lipinski definition) is 2. The van der Waals surface area contributed by atoms with Gasteiger partial charge in [0, 0.05) is 12.6 Å². The second-order valence-electron chi connectivity index (χ2n) is 4.14. The molecule has 2 N–H and O–H groups in total. The molecule has 0 aliphatic carbocycles. The number of hydrogen-bond acceptors (Lipinski definition) is 4. The number of nitrogens with one attached hydrogen (secondary N) is 2. The molecule has 1 heterocycles. The van der Waals surface area contributed by atoms with Crippen LogP contribution in [0, 0.1) is 0 Å². The predicted molar refractivity (Wildman–Crippen MR) is 58.3 cm³/mol. The first-order valence-electron chi connectivity index (χ1n) is 5.13. The first kappa shape index (κ1) is 12.4. The van der Waals surface area contributed by atoms with E-state index < -0.39 is 26.7 Å². The van der Waals surface area contributed by atoms with Crippen molar-refractivity contribution >= 4 is 15.7 Å². The van der Waals surface area contributed by atoms with E-state index in [0.29, 0.717) is 13.0 Å². The molecule has 1 rings (SSSR count). The summed E-state index contributed by atoms with van der Waals surface area (Å²) in [5, 5.41) is 5.17. The second-order valence-corrected chi connectivity index (χ2v) is 6.43. The van der Waals surface area contributed by atoms with Crippen molar-refractivity contribution in [1.82, 2.24) is 10.6 Å². The van der Waals surface area contributed by atoms with Crippen LogP contribution >= 0.6 is 0 Å². The fourth-order valence-electron chi connectivity index (χ4n) is 1.60. The van der Waals surface area contributed by atoms with Gasteiger partial charge in [-0.2, -0.15) is 0 Å². The van der Waals surface area contributed by atoms with Crippen LogP contribution in [0.4, 0.5) is 0 Å². The van der Waals surface area contributed by atoms with Crippen molar-refractivity contribution in [2.45, 2.75) is 31.6 Å². The van der Waals surface area contributed by atoms with Gasteiger partial charge in [-0.25, -0.2) is 8.42 Å². The van der Waals surface area contributed by atoms with Gasteiger partial charge in [-0.1, -0.05) is 0 Å². The fourth-order valence-corrected chi connectivity index (χ4v) is 3.13. The molecular weight excluding hydrogens is 216 g/mol. The lowest BCUT2D eigenvalue weighted by molar-refractivity contribution is -0.119. The normalized spacial score (nSPS) is 21.9. The quantitative estimate of drug-likeness (QED) is 0.673. The first-order chi connectivity index (χ1) is 6.92. The molecule has 0 spiro atoms. The summed E-state index contributed by atoms with van der Waals surface area (Å²) >= 11 is 0. The predicted octanol–water partition coefficient (Wildman–Crippen LogP) is -0.712. The van der Waals surface area contributed by atoms with E-state index in [4.69, 9.17) is 0 Å². The zero-order valence-electron chi connectivity index (χ0n) is 9.12. The molecule has 1 saturated heterocycles. The van der Waals surface area contributed by atoms with E-state index in [2.05, 4.69) is 10.6 Å². The Balaban J connectivity index is 2.52. The van der Waals surface area contributed by atoms with E-state index in [9.17, 15) is 13.2 Å². The summed E-state index contributed by atoms with van der Waals surface area (Å²) in [7, 11) is -3.28. The van der Waals surface area contributed by atoms with Gasteiger partial charge in [-0.15, -0.1) is 0 Å². The lowest BCUT2D eigenvalue weighted by atomic mass is 10.4. The van der Waals surface area contributed by atoms with Gasteiger partial charge in [-0.05, 0) is 26.8 Å². The van der Waals surface area contributed by atoms with Crippen LogP contribution in [0.15, 0.2) is 0 Å². The lowest BCUT2D eigenvalue weighted by Crippen LogP contribution is -2.38. The Labute approximate surface area is 90.5 Å². The van der Waals surface area contributed by atoms with Crippen LogP contribution in [0.25, 0.3) is 0 Å². The third-order valence-corrected chi connectivity index (χ3v) is 4.39.